The molecule has 86 heavy (non-hydrogen) atoms. The first-order valence-electron chi connectivity index (χ1n) is 26.1. The number of nitrogens with one attached hydrogen (secondary N) is 1. The van der Waals surface area contributed by atoms with E-state index in [2.05, 4.69) is 71.1 Å². The maximum absolute atomic E-state index is 13.2. The molecule has 0 atom stereocenters. The molecule has 0 saturated carbocycles. The van der Waals surface area contributed by atoms with E-state index in [4.69, 9.17) is 66.3 Å². The maximum Gasteiger partial charge on any atom is 0.407 e. The third kappa shape index (κ3) is 33.8. The molecule has 0 bridgehead atoms. The first-order chi connectivity index (χ1) is 41.0. The first-order valence-corrected chi connectivity index (χ1v) is 26.1. The van der Waals surface area contributed by atoms with Crippen LogP contribution < -0.4 is 5.32 Å². The van der Waals surface area contributed by atoms with Crippen LogP contribution in [0.5, 0.6) is 0 Å². The molecule has 0 aliphatic rings. The van der Waals surface area contributed by atoms with Crippen molar-refractivity contribution in [3.05, 3.63) is 127 Å². The highest BCUT2D eigenvalue weighted by atomic mass is 16.6. The highest BCUT2D eigenvalue weighted by Crippen LogP contribution is 2.28. The van der Waals surface area contributed by atoms with Crippen LogP contribution in [0.3, 0.4) is 0 Å². The van der Waals surface area contributed by atoms with Gasteiger partial charge in [0.05, 0.1) is 48.1 Å². The largest absolute Gasteiger partial charge is 0.465 e. The Bertz CT molecular complexity index is 2090. The molecule has 0 saturated heterocycles. The van der Waals surface area contributed by atoms with Gasteiger partial charge in [-0.05, 0) is 12.8 Å². The van der Waals surface area contributed by atoms with E-state index in [1.54, 1.807) is 0 Å². The average molecular weight is 1220 g/mol. The van der Waals surface area contributed by atoms with Crippen LogP contribution in [0.25, 0.3) is 0 Å². The zero-order chi connectivity index (χ0) is 64.9. The number of carbonyl (C=O) groups excluding carboxylic acids is 12. The molecule has 27 nitrogen and oxygen atoms in total. The monoisotopic (exact) mass is 1220 g/mol. The predicted molar refractivity (Wildman–Crippen MR) is 301 cm³/mol. The standard InChI is InChI=1S/C59H77NO26/c1-11-44(61)75-32-56(33-76-45(62)12-2,34-77-46(63)13-3)28-73-30-58(38-81-50(67)17-7,39-82-51(68)18-8)42-85-54(71)26-24-22-21-23-25-27-60-55(72)86-43-59(40-83-52(69)19-9,41-84-53(70)20-10)31-74-29-57(35-78-47(64)14-4,36-79-48(65)15-5)37-80-49(66)16-6/h11-20H,1-10,21-43H2,(H,60,72). The molecular weight excluding hydrogens is 1140 g/mol. The lowest BCUT2D eigenvalue weighted by Crippen LogP contribution is -2.47. The Hall–Kier alpha value is -9.24. The Kier molecular flexibility index (Phi) is 38.7. The number of hydrogen-bond donors (Lipinski definition) is 1. The van der Waals surface area contributed by atoms with Gasteiger partial charge in [0, 0.05) is 73.7 Å². The summed E-state index contributed by atoms with van der Waals surface area (Å²) in [6.07, 6.45) is 9.88. The van der Waals surface area contributed by atoms with E-state index >= 15 is 0 Å². The van der Waals surface area contributed by atoms with Crippen molar-refractivity contribution in [2.24, 2.45) is 21.7 Å². The molecule has 27 heteroatoms. The van der Waals surface area contributed by atoms with Gasteiger partial charge < -0.3 is 71.6 Å². The third-order valence-electron chi connectivity index (χ3n) is 11.4. The fourth-order valence-corrected chi connectivity index (χ4v) is 6.49. The van der Waals surface area contributed by atoms with Gasteiger partial charge in [-0.2, -0.15) is 0 Å². The highest BCUT2D eigenvalue weighted by molar-refractivity contribution is 5.84. The molecule has 0 radical (unpaired) electrons. The molecule has 0 aromatic rings. The van der Waals surface area contributed by atoms with Gasteiger partial charge >= 0.3 is 71.8 Å². The molecule has 0 aromatic heterocycles. The van der Waals surface area contributed by atoms with Gasteiger partial charge in [-0.3, -0.25) is 4.79 Å². The number of hydrogen-bond acceptors (Lipinski definition) is 26. The number of alkyl carbamates (subject to hydrolysis) is 1. The Morgan fingerprint density at radius 2 is 0.453 bits per heavy atom. The summed E-state index contributed by atoms with van der Waals surface area (Å²) in [6.45, 7) is 24.6. The summed E-state index contributed by atoms with van der Waals surface area (Å²) < 4.78 is 75.8. The van der Waals surface area contributed by atoms with Crippen molar-refractivity contribution in [2.75, 3.05) is 112 Å². The fourth-order valence-electron chi connectivity index (χ4n) is 6.49. The van der Waals surface area contributed by atoms with Crippen molar-refractivity contribution in [3.63, 3.8) is 0 Å². The lowest BCUT2D eigenvalue weighted by molar-refractivity contribution is -0.173. The van der Waals surface area contributed by atoms with Gasteiger partial charge in [0.25, 0.3) is 0 Å². The van der Waals surface area contributed by atoms with Gasteiger partial charge in [-0.25, -0.2) is 52.7 Å². The summed E-state index contributed by atoms with van der Waals surface area (Å²) in [5.74, 6) is -9.70. The van der Waals surface area contributed by atoms with E-state index in [9.17, 15) is 57.5 Å². The lowest BCUT2D eigenvalue weighted by Gasteiger charge is -2.35. The zero-order valence-corrected chi connectivity index (χ0v) is 48.2. The van der Waals surface area contributed by atoms with Crippen LogP contribution in [0.15, 0.2) is 127 Å². The second-order valence-corrected chi connectivity index (χ2v) is 18.8. The number of carbonyl (C=O) groups is 12. The normalized spacial score (nSPS) is 10.9. The fraction of sp³-hybridized carbons (Fsp3) is 0.458. The summed E-state index contributed by atoms with van der Waals surface area (Å²) in [6, 6.07) is 0. The lowest BCUT2D eigenvalue weighted by atomic mass is 9.90. The quantitative estimate of drug-likeness (QED) is 0.0391. The van der Waals surface area contributed by atoms with Crippen LogP contribution >= 0.6 is 0 Å². The van der Waals surface area contributed by atoms with Crippen molar-refractivity contribution in [2.45, 2.75) is 38.5 Å². The second kappa shape index (κ2) is 43.4. The summed E-state index contributed by atoms with van der Waals surface area (Å²) in [5.41, 5.74) is -6.49. The summed E-state index contributed by atoms with van der Waals surface area (Å²) in [7, 11) is 0. The molecule has 0 fully saturated rings. The Morgan fingerprint density at radius 1 is 0.256 bits per heavy atom. The molecule has 0 rings (SSSR count). The van der Waals surface area contributed by atoms with Gasteiger partial charge in [0.2, 0.25) is 0 Å². The number of unbranched alkanes of at least 4 members (excludes halogenated alkanes) is 4. The van der Waals surface area contributed by atoms with Gasteiger partial charge in [0.15, 0.2) is 0 Å². The summed E-state index contributed by atoms with van der Waals surface area (Å²) in [4.78, 5) is 148. The predicted octanol–water partition coefficient (Wildman–Crippen LogP) is 3.87. The van der Waals surface area contributed by atoms with Crippen LogP contribution in [0, 0.1) is 21.7 Å². The topological polar surface area (TPSA) is 346 Å². The van der Waals surface area contributed by atoms with Gasteiger partial charge in [0.1, 0.15) is 79.3 Å². The minimum Gasteiger partial charge on any atom is -0.465 e. The van der Waals surface area contributed by atoms with Crippen LogP contribution in [0.1, 0.15) is 38.5 Å². The van der Waals surface area contributed by atoms with E-state index in [1.807, 2.05) is 0 Å². The maximum atomic E-state index is 13.2. The minimum absolute atomic E-state index is 0.0954. The van der Waals surface area contributed by atoms with E-state index in [-0.39, 0.29) is 13.0 Å². The molecular formula is C59H77NO26. The van der Waals surface area contributed by atoms with E-state index in [0.29, 0.717) is 32.1 Å². The third-order valence-corrected chi connectivity index (χ3v) is 11.4. The second-order valence-electron chi connectivity index (χ2n) is 18.8. The van der Waals surface area contributed by atoms with Crippen LogP contribution in [0.4, 0.5) is 4.79 Å². The molecule has 0 heterocycles. The summed E-state index contributed by atoms with van der Waals surface area (Å²) >= 11 is 0. The Balaban J connectivity index is 6.13. The van der Waals surface area contributed by atoms with Crippen molar-refractivity contribution in [1.82, 2.24) is 5.32 Å². The van der Waals surface area contributed by atoms with E-state index < -0.39 is 199 Å². The van der Waals surface area contributed by atoms with Crippen molar-refractivity contribution < 1.29 is 124 Å². The first kappa shape index (κ1) is 76.8. The van der Waals surface area contributed by atoms with Crippen molar-refractivity contribution in [3.8, 4) is 0 Å². The Morgan fingerprint density at radius 3 is 0.686 bits per heavy atom. The minimum atomic E-state index is -1.66. The average Bonchev–Trinajstić information content (AvgIpc) is 3.38. The van der Waals surface area contributed by atoms with Crippen LogP contribution in [-0.2, 0) is 119 Å². The van der Waals surface area contributed by atoms with Crippen LogP contribution in [0.2, 0.25) is 0 Å². The van der Waals surface area contributed by atoms with Crippen molar-refractivity contribution >= 4 is 71.8 Å². The molecule has 474 valence electrons. The number of rotatable bonds is 50. The van der Waals surface area contributed by atoms with E-state index in [1.165, 1.54) is 0 Å². The molecule has 1 N–H and O–H groups in total. The zero-order valence-electron chi connectivity index (χ0n) is 48.2. The molecule has 0 aliphatic heterocycles. The van der Waals surface area contributed by atoms with Gasteiger partial charge in [-0.15, -0.1) is 0 Å². The molecule has 0 aliphatic carbocycles. The van der Waals surface area contributed by atoms with E-state index in [0.717, 1.165) is 60.8 Å². The SMILES string of the molecule is C=CC(=O)OCC(COCC(COC(=O)C=C)(COC(=O)C=C)COC(=O)CCCCCCCNC(=O)OCC(COCC(COC(=O)C=C)(COC(=O)C=C)COC(=O)C=C)(COC(=O)C=C)COC(=O)C=C)(COC(=O)C=C)COC(=O)C=C. The molecule has 0 aromatic carbocycles. The number of ether oxygens (including phenoxy) is 14. The molecule has 0 spiro atoms. The number of amides is 1. The summed E-state index contributed by atoms with van der Waals surface area (Å²) in [5, 5.41) is 2.58. The molecule has 1 amide bonds. The Labute approximate surface area is 498 Å². The van der Waals surface area contributed by atoms with Crippen LogP contribution in [-0.4, -0.2) is 184 Å². The number of esters is 11. The highest BCUT2D eigenvalue weighted by Gasteiger charge is 2.42. The molecule has 0 unspecified atom stereocenters. The van der Waals surface area contributed by atoms with Gasteiger partial charge in [-0.1, -0.05) is 85.1 Å². The van der Waals surface area contributed by atoms with Crippen molar-refractivity contribution in [1.29, 1.82) is 0 Å². The smallest absolute Gasteiger partial charge is 0.407 e.